The topological polar surface area (TPSA) is 65.5 Å². The van der Waals surface area contributed by atoms with Gasteiger partial charge in [-0.25, -0.2) is 4.98 Å². The van der Waals surface area contributed by atoms with Crippen molar-refractivity contribution in [3.8, 4) is 0 Å². The second-order valence-electron chi connectivity index (χ2n) is 6.47. The van der Waals surface area contributed by atoms with Crippen LogP contribution in [0.3, 0.4) is 0 Å². The number of aryl methyl sites for hydroxylation is 1. The van der Waals surface area contributed by atoms with E-state index in [-0.39, 0.29) is 18.1 Å². The van der Waals surface area contributed by atoms with Gasteiger partial charge in [0.2, 0.25) is 0 Å². The molecule has 2 atom stereocenters. The van der Waals surface area contributed by atoms with Crippen molar-refractivity contribution in [2.75, 3.05) is 13.1 Å². The van der Waals surface area contributed by atoms with Gasteiger partial charge in [0, 0.05) is 25.2 Å². The van der Waals surface area contributed by atoms with Crippen LogP contribution >= 0.6 is 11.3 Å². The van der Waals surface area contributed by atoms with E-state index in [2.05, 4.69) is 15.2 Å². The lowest BCUT2D eigenvalue weighted by Gasteiger charge is -2.41. The Morgan fingerprint density at radius 3 is 2.68 bits per heavy atom. The van der Waals surface area contributed by atoms with Crippen molar-refractivity contribution in [1.29, 1.82) is 0 Å². The fraction of sp³-hybridized carbons (Fsp3) is 0.750. The third-order valence-electron chi connectivity index (χ3n) is 4.98. The molecule has 3 rings (SSSR count). The molecule has 0 radical (unpaired) electrons. The number of nitrogens with zero attached hydrogens (tertiary/aromatic N) is 2. The molecule has 2 heterocycles. The maximum atomic E-state index is 12.2. The number of aliphatic hydroxyl groups excluding tert-OH is 1. The third-order valence-corrected chi connectivity index (χ3v) is 5.91. The van der Waals surface area contributed by atoms with Crippen LogP contribution in [0.1, 0.15) is 53.9 Å². The summed E-state index contributed by atoms with van der Waals surface area (Å²) < 4.78 is 0. The summed E-state index contributed by atoms with van der Waals surface area (Å²) in [6, 6.07) is 0.570. The highest BCUT2D eigenvalue weighted by molar-refractivity contribution is 7.11. The summed E-state index contributed by atoms with van der Waals surface area (Å²) in [5, 5.41) is 13.3. The smallest absolute Gasteiger partial charge is 0.263 e. The van der Waals surface area contributed by atoms with E-state index in [1.54, 1.807) is 5.51 Å². The molecular weight excluding hydrogens is 298 g/mol. The molecule has 1 amide bonds. The molecule has 2 fully saturated rings. The SMILES string of the molecule is Cc1ncsc1C(=O)NC1CCN(C2CCCCC2O)CC1. The van der Waals surface area contributed by atoms with Crippen LogP contribution < -0.4 is 5.32 Å². The fourth-order valence-corrected chi connectivity index (χ4v) is 4.37. The Hall–Kier alpha value is -0.980. The second kappa shape index (κ2) is 7.06. The molecule has 0 spiro atoms. The Bertz CT molecular complexity index is 511. The molecule has 0 bridgehead atoms. The monoisotopic (exact) mass is 323 g/mol. The van der Waals surface area contributed by atoms with Gasteiger partial charge < -0.3 is 10.4 Å². The van der Waals surface area contributed by atoms with Gasteiger partial charge in [0.1, 0.15) is 4.88 Å². The van der Waals surface area contributed by atoms with E-state index in [0.717, 1.165) is 55.8 Å². The number of carbonyl (C=O) groups excluding carboxylic acids is 1. The van der Waals surface area contributed by atoms with Crippen molar-refractivity contribution in [2.45, 2.75) is 63.6 Å². The highest BCUT2D eigenvalue weighted by Crippen LogP contribution is 2.26. The summed E-state index contributed by atoms with van der Waals surface area (Å²) in [4.78, 5) is 19.5. The van der Waals surface area contributed by atoms with Crippen molar-refractivity contribution >= 4 is 17.2 Å². The molecule has 5 nitrogen and oxygen atoms in total. The maximum Gasteiger partial charge on any atom is 0.263 e. The molecule has 6 heteroatoms. The molecule has 1 aliphatic heterocycles. The summed E-state index contributed by atoms with van der Waals surface area (Å²) in [5.74, 6) is 0.0103. The molecule has 122 valence electrons. The van der Waals surface area contributed by atoms with Crippen LogP contribution in [-0.2, 0) is 0 Å². The van der Waals surface area contributed by atoms with Crippen molar-refractivity contribution in [3.05, 3.63) is 16.1 Å². The van der Waals surface area contributed by atoms with Crippen LogP contribution in [0.25, 0.3) is 0 Å². The largest absolute Gasteiger partial charge is 0.391 e. The first-order valence-corrected chi connectivity index (χ1v) is 9.16. The standard InChI is InChI=1S/C16H25N3O2S/c1-11-15(22-10-17-11)16(21)18-12-6-8-19(9-7-12)13-4-2-3-5-14(13)20/h10,12-14,20H,2-9H2,1H3,(H,18,21). The normalized spacial score (nSPS) is 27.7. The first kappa shape index (κ1) is 15.9. The van der Waals surface area contributed by atoms with E-state index in [4.69, 9.17) is 0 Å². The van der Waals surface area contributed by atoms with Gasteiger partial charge in [0.25, 0.3) is 5.91 Å². The molecule has 1 aromatic heterocycles. The number of piperidine rings is 1. The molecular formula is C16H25N3O2S. The molecule has 1 aromatic rings. The zero-order valence-electron chi connectivity index (χ0n) is 13.1. The van der Waals surface area contributed by atoms with Crippen LogP contribution in [0.15, 0.2) is 5.51 Å². The molecule has 22 heavy (non-hydrogen) atoms. The number of carbonyl (C=O) groups is 1. The summed E-state index contributed by atoms with van der Waals surface area (Å²) in [6.07, 6.45) is 6.19. The number of aliphatic hydroxyl groups is 1. The molecule has 2 aliphatic rings. The number of likely N-dealkylation sites (tertiary alicyclic amines) is 1. The van der Waals surface area contributed by atoms with Crippen LogP contribution in [0.4, 0.5) is 0 Å². The number of thiazole rings is 1. The Balaban J connectivity index is 1.49. The van der Waals surface area contributed by atoms with E-state index in [0.29, 0.717) is 6.04 Å². The minimum Gasteiger partial charge on any atom is -0.391 e. The van der Waals surface area contributed by atoms with E-state index in [9.17, 15) is 9.90 Å². The molecule has 1 aliphatic carbocycles. The third kappa shape index (κ3) is 3.50. The quantitative estimate of drug-likeness (QED) is 0.892. The van der Waals surface area contributed by atoms with Gasteiger partial charge >= 0.3 is 0 Å². The predicted octanol–water partition coefficient (Wildman–Crippen LogP) is 1.95. The molecule has 0 aromatic carbocycles. The summed E-state index contributed by atoms with van der Waals surface area (Å²) >= 11 is 1.40. The minimum absolute atomic E-state index is 0.0103. The first-order chi connectivity index (χ1) is 10.6. The lowest BCUT2D eigenvalue weighted by molar-refractivity contribution is 0.00728. The molecule has 2 unspecified atom stereocenters. The molecule has 1 saturated heterocycles. The van der Waals surface area contributed by atoms with Gasteiger partial charge in [0.15, 0.2) is 0 Å². The number of amides is 1. The zero-order valence-corrected chi connectivity index (χ0v) is 13.9. The number of rotatable bonds is 3. The van der Waals surface area contributed by atoms with Gasteiger partial charge in [-0.3, -0.25) is 9.69 Å². The summed E-state index contributed by atoms with van der Waals surface area (Å²) in [5.41, 5.74) is 2.53. The van der Waals surface area contributed by atoms with Gasteiger partial charge in [-0.2, -0.15) is 0 Å². The summed E-state index contributed by atoms with van der Waals surface area (Å²) in [6.45, 7) is 3.81. The maximum absolute atomic E-state index is 12.2. The zero-order chi connectivity index (χ0) is 15.5. The van der Waals surface area contributed by atoms with Gasteiger partial charge in [-0.05, 0) is 32.6 Å². The van der Waals surface area contributed by atoms with Crippen LogP contribution in [-0.4, -0.2) is 52.2 Å². The lowest BCUT2D eigenvalue weighted by Crippen LogP contribution is -2.52. The number of nitrogens with one attached hydrogen (secondary N) is 1. The minimum atomic E-state index is -0.167. The molecule has 1 saturated carbocycles. The average molecular weight is 323 g/mol. The first-order valence-electron chi connectivity index (χ1n) is 8.28. The Morgan fingerprint density at radius 1 is 1.32 bits per heavy atom. The van der Waals surface area contributed by atoms with Crippen molar-refractivity contribution in [3.63, 3.8) is 0 Å². The van der Waals surface area contributed by atoms with Gasteiger partial charge in [0.05, 0.1) is 17.3 Å². The number of hydrogen-bond acceptors (Lipinski definition) is 5. The molecule has 2 N–H and O–H groups in total. The Morgan fingerprint density at radius 2 is 2.05 bits per heavy atom. The number of aromatic nitrogens is 1. The highest BCUT2D eigenvalue weighted by Gasteiger charge is 2.31. The second-order valence-corrected chi connectivity index (χ2v) is 7.32. The Labute approximate surface area is 135 Å². The van der Waals surface area contributed by atoms with E-state index in [1.807, 2.05) is 6.92 Å². The Kier molecular flexibility index (Phi) is 5.10. The van der Waals surface area contributed by atoms with Crippen molar-refractivity contribution in [2.24, 2.45) is 0 Å². The van der Waals surface area contributed by atoms with Gasteiger partial charge in [-0.1, -0.05) is 12.8 Å². The highest BCUT2D eigenvalue weighted by atomic mass is 32.1. The van der Waals surface area contributed by atoms with Crippen molar-refractivity contribution < 1.29 is 9.90 Å². The lowest BCUT2D eigenvalue weighted by atomic mass is 9.89. The van der Waals surface area contributed by atoms with E-state index >= 15 is 0 Å². The predicted molar refractivity (Wildman–Crippen MR) is 87.2 cm³/mol. The average Bonchev–Trinajstić information content (AvgIpc) is 2.95. The van der Waals surface area contributed by atoms with Gasteiger partial charge in [-0.15, -0.1) is 11.3 Å². The summed E-state index contributed by atoms with van der Waals surface area (Å²) in [7, 11) is 0. The fourth-order valence-electron chi connectivity index (χ4n) is 3.66. The van der Waals surface area contributed by atoms with E-state index in [1.165, 1.54) is 17.8 Å². The van der Waals surface area contributed by atoms with Crippen LogP contribution in [0, 0.1) is 6.92 Å². The van der Waals surface area contributed by atoms with E-state index < -0.39 is 0 Å². The number of hydrogen-bond donors (Lipinski definition) is 2. The van der Waals surface area contributed by atoms with Crippen LogP contribution in [0.5, 0.6) is 0 Å². The van der Waals surface area contributed by atoms with Crippen LogP contribution in [0.2, 0.25) is 0 Å². The van der Waals surface area contributed by atoms with Crippen molar-refractivity contribution in [1.82, 2.24) is 15.2 Å².